The molecule has 1 aliphatic heterocycles. The van der Waals surface area contributed by atoms with E-state index in [9.17, 15) is 14.4 Å². The van der Waals surface area contributed by atoms with E-state index in [-0.39, 0.29) is 6.54 Å². The van der Waals surface area contributed by atoms with Crippen LogP contribution in [-0.4, -0.2) is 28.5 Å². The average molecular weight is 401 g/mol. The number of rotatable bonds is 5. The Morgan fingerprint density at radius 2 is 1.78 bits per heavy atom. The minimum absolute atomic E-state index is 0.309. The Morgan fingerprint density at radius 1 is 1.11 bits per heavy atom. The summed E-state index contributed by atoms with van der Waals surface area (Å²) in [6, 6.07) is 14.3. The summed E-state index contributed by atoms with van der Waals surface area (Å²) in [6.07, 6.45) is 2.60. The van der Waals surface area contributed by atoms with Crippen molar-refractivity contribution in [3.8, 4) is 0 Å². The fourth-order valence-corrected chi connectivity index (χ4v) is 3.48. The third-order valence-corrected chi connectivity index (χ3v) is 5.15. The van der Waals surface area contributed by atoms with Crippen molar-refractivity contribution in [1.82, 2.24) is 4.90 Å². The summed E-state index contributed by atoms with van der Waals surface area (Å²) in [6.45, 7) is 1.73. The molecule has 3 rings (SSSR count). The molecule has 27 heavy (non-hydrogen) atoms. The molecule has 0 radical (unpaired) electrons. The predicted octanol–water partition coefficient (Wildman–Crippen LogP) is 4.58. The lowest BCUT2D eigenvalue weighted by molar-refractivity contribution is -0.127. The Morgan fingerprint density at radius 3 is 2.41 bits per heavy atom. The first-order chi connectivity index (χ1) is 13.0. The fourth-order valence-electron chi connectivity index (χ4n) is 2.51. The summed E-state index contributed by atoms with van der Waals surface area (Å²) in [5.41, 5.74) is 2.57. The van der Waals surface area contributed by atoms with Crippen molar-refractivity contribution in [3.63, 3.8) is 0 Å². The monoisotopic (exact) mass is 400 g/mol. The zero-order valence-corrected chi connectivity index (χ0v) is 16.1. The maximum atomic E-state index is 12.5. The molecule has 1 aliphatic rings. The van der Waals surface area contributed by atoms with Crippen molar-refractivity contribution in [2.75, 3.05) is 11.9 Å². The van der Waals surface area contributed by atoms with Crippen molar-refractivity contribution >= 4 is 52.2 Å². The number of aryl methyl sites for hydroxylation is 1. The van der Waals surface area contributed by atoms with Crippen molar-refractivity contribution in [1.29, 1.82) is 0 Å². The van der Waals surface area contributed by atoms with Crippen LogP contribution in [0.3, 0.4) is 0 Å². The van der Waals surface area contributed by atoms with Gasteiger partial charge in [0, 0.05) is 10.7 Å². The molecule has 0 spiro atoms. The molecule has 2 aromatic carbocycles. The average Bonchev–Trinajstić information content (AvgIpc) is 2.91. The second kappa shape index (κ2) is 8.41. The van der Waals surface area contributed by atoms with E-state index >= 15 is 0 Å². The Kier molecular flexibility index (Phi) is 5.98. The lowest BCUT2D eigenvalue weighted by Crippen LogP contribution is -2.36. The number of nitrogens with one attached hydrogen (secondary N) is 1. The van der Waals surface area contributed by atoms with Gasteiger partial charge in [0.05, 0.1) is 4.91 Å². The zero-order chi connectivity index (χ0) is 19.4. The molecule has 1 fully saturated rings. The summed E-state index contributed by atoms with van der Waals surface area (Å²) < 4.78 is 0. The number of carbonyl (C=O) groups excluding carboxylic acids is 3. The van der Waals surface area contributed by atoms with Crippen LogP contribution in [0.4, 0.5) is 10.5 Å². The summed E-state index contributed by atoms with van der Waals surface area (Å²) in [5, 5.41) is 2.74. The summed E-state index contributed by atoms with van der Waals surface area (Å²) in [5.74, 6) is -0.913. The number of amides is 3. The first-order valence-electron chi connectivity index (χ1n) is 8.36. The first kappa shape index (κ1) is 19.2. The number of imide groups is 1. The molecule has 0 aromatic heterocycles. The van der Waals surface area contributed by atoms with E-state index in [4.69, 9.17) is 11.6 Å². The molecule has 7 heteroatoms. The van der Waals surface area contributed by atoms with E-state index in [2.05, 4.69) is 12.2 Å². The van der Waals surface area contributed by atoms with Gasteiger partial charge < -0.3 is 5.32 Å². The predicted molar refractivity (Wildman–Crippen MR) is 109 cm³/mol. The van der Waals surface area contributed by atoms with E-state index in [0.29, 0.717) is 15.6 Å². The van der Waals surface area contributed by atoms with E-state index < -0.39 is 17.1 Å². The lowest BCUT2D eigenvalue weighted by atomic mass is 10.1. The highest BCUT2D eigenvalue weighted by Crippen LogP contribution is 2.32. The van der Waals surface area contributed by atoms with Crippen LogP contribution in [0, 0.1) is 0 Å². The van der Waals surface area contributed by atoms with Gasteiger partial charge in [-0.25, -0.2) is 0 Å². The van der Waals surface area contributed by atoms with Crippen LogP contribution in [0.15, 0.2) is 53.4 Å². The van der Waals surface area contributed by atoms with Gasteiger partial charge in [0.1, 0.15) is 6.54 Å². The normalized spacial score (nSPS) is 15.5. The van der Waals surface area contributed by atoms with Gasteiger partial charge in [-0.3, -0.25) is 19.3 Å². The SMILES string of the molecule is CCc1ccc(C=C2SC(=O)N(CC(=O)Nc3ccc(Cl)cc3)C2=O)cc1. The molecule has 2 aromatic rings. The molecular formula is C20H17ClN2O3S. The Labute approximate surface area is 166 Å². The second-order valence-corrected chi connectivity index (χ2v) is 7.35. The number of hydrogen-bond donors (Lipinski definition) is 1. The zero-order valence-electron chi connectivity index (χ0n) is 14.6. The molecule has 3 amide bonds. The summed E-state index contributed by atoms with van der Waals surface area (Å²) >= 11 is 6.64. The smallest absolute Gasteiger partial charge is 0.294 e. The van der Waals surface area contributed by atoms with Gasteiger partial charge in [0.15, 0.2) is 0 Å². The standard InChI is InChI=1S/C20H17ClN2O3S/c1-2-13-3-5-14(6-4-13)11-17-19(25)23(20(26)27-17)12-18(24)22-16-9-7-15(21)8-10-16/h3-11H,2,12H2,1H3,(H,22,24). The molecule has 0 atom stereocenters. The van der Waals surface area contributed by atoms with Crippen LogP contribution in [0.1, 0.15) is 18.1 Å². The maximum absolute atomic E-state index is 12.5. The van der Waals surface area contributed by atoms with E-state index in [1.165, 1.54) is 5.56 Å². The number of hydrogen-bond acceptors (Lipinski definition) is 4. The molecule has 5 nitrogen and oxygen atoms in total. The molecule has 1 heterocycles. The van der Waals surface area contributed by atoms with Crippen LogP contribution in [0.25, 0.3) is 6.08 Å². The van der Waals surface area contributed by atoms with Crippen molar-refractivity contribution < 1.29 is 14.4 Å². The van der Waals surface area contributed by atoms with E-state index in [1.54, 1.807) is 30.3 Å². The van der Waals surface area contributed by atoms with Gasteiger partial charge in [-0.05, 0) is 59.7 Å². The van der Waals surface area contributed by atoms with Crippen LogP contribution >= 0.6 is 23.4 Å². The minimum atomic E-state index is -0.462. The number of carbonyl (C=O) groups is 3. The molecule has 138 valence electrons. The number of nitrogens with zero attached hydrogens (tertiary/aromatic N) is 1. The quantitative estimate of drug-likeness (QED) is 0.746. The highest BCUT2D eigenvalue weighted by Gasteiger charge is 2.36. The molecule has 0 saturated carbocycles. The van der Waals surface area contributed by atoms with Gasteiger partial charge in [-0.1, -0.05) is 42.8 Å². The van der Waals surface area contributed by atoms with Gasteiger partial charge >= 0.3 is 0 Å². The number of thioether (sulfide) groups is 1. The summed E-state index contributed by atoms with van der Waals surface area (Å²) in [7, 11) is 0. The van der Waals surface area contributed by atoms with Crippen LogP contribution < -0.4 is 5.32 Å². The van der Waals surface area contributed by atoms with Gasteiger partial charge in [-0.2, -0.15) is 0 Å². The molecular weight excluding hydrogens is 384 g/mol. The Balaban J connectivity index is 1.67. The molecule has 1 N–H and O–H groups in total. The minimum Gasteiger partial charge on any atom is -0.325 e. The van der Waals surface area contributed by atoms with Crippen LogP contribution in [0.2, 0.25) is 5.02 Å². The fraction of sp³-hybridized carbons (Fsp3) is 0.150. The van der Waals surface area contributed by atoms with Crippen molar-refractivity contribution in [2.45, 2.75) is 13.3 Å². The van der Waals surface area contributed by atoms with Crippen molar-refractivity contribution in [3.05, 3.63) is 69.6 Å². The van der Waals surface area contributed by atoms with Gasteiger partial charge in [0.25, 0.3) is 11.1 Å². The number of anilines is 1. The van der Waals surface area contributed by atoms with Gasteiger partial charge in [-0.15, -0.1) is 0 Å². The lowest BCUT2D eigenvalue weighted by Gasteiger charge is -2.12. The first-order valence-corrected chi connectivity index (χ1v) is 9.55. The van der Waals surface area contributed by atoms with Gasteiger partial charge in [0.2, 0.25) is 5.91 Å². The third-order valence-electron chi connectivity index (χ3n) is 3.99. The van der Waals surface area contributed by atoms with Crippen LogP contribution in [-0.2, 0) is 16.0 Å². The molecule has 0 unspecified atom stereocenters. The highest BCUT2D eigenvalue weighted by atomic mass is 35.5. The van der Waals surface area contributed by atoms with Crippen LogP contribution in [0.5, 0.6) is 0 Å². The number of halogens is 1. The summed E-state index contributed by atoms with van der Waals surface area (Å²) in [4.78, 5) is 38.1. The molecule has 0 aliphatic carbocycles. The second-order valence-electron chi connectivity index (χ2n) is 5.92. The topological polar surface area (TPSA) is 66.5 Å². The number of benzene rings is 2. The third kappa shape index (κ3) is 4.78. The van der Waals surface area contributed by atoms with E-state index in [1.807, 2.05) is 24.3 Å². The van der Waals surface area contributed by atoms with Crippen molar-refractivity contribution in [2.24, 2.45) is 0 Å². The molecule has 0 bridgehead atoms. The highest BCUT2D eigenvalue weighted by molar-refractivity contribution is 8.18. The Bertz CT molecular complexity index is 908. The largest absolute Gasteiger partial charge is 0.325 e. The Hall–Kier alpha value is -2.57. The van der Waals surface area contributed by atoms with E-state index in [0.717, 1.165) is 28.6 Å². The molecule has 1 saturated heterocycles. The maximum Gasteiger partial charge on any atom is 0.294 e.